The summed E-state index contributed by atoms with van der Waals surface area (Å²) in [6, 6.07) is 8.99. The maximum absolute atomic E-state index is 4.88. The van der Waals surface area contributed by atoms with Crippen LogP contribution in [0, 0.1) is 0 Å². The SMILES string of the molecule is CC(C)NC(c1cccc(Br)c1)c1nc(C(C)(C)C)cs1. The molecule has 0 fully saturated rings. The van der Waals surface area contributed by atoms with E-state index in [-0.39, 0.29) is 11.5 Å². The number of hydrogen-bond donors (Lipinski definition) is 1. The van der Waals surface area contributed by atoms with E-state index in [0.717, 1.165) is 15.2 Å². The van der Waals surface area contributed by atoms with Crippen molar-refractivity contribution in [3.8, 4) is 0 Å². The van der Waals surface area contributed by atoms with Gasteiger partial charge < -0.3 is 5.32 Å². The third kappa shape index (κ3) is 4.38. The number of benzene rings is 1. The van der Waals surface area contributed by atoms with Crippen molar-refractivity contribution in [2.45, 2.75) is 52.1 Å². The van der Waals surface area contributed by atoms with Crippen LogP contribution in [0.3, 0.4) is 0 Å². The van der Waals surface area contributed by atoms with E-state index in [1.807, 2.05) is 0 Å². The fourth-order valence-corrected chi connectivity index (χ4v) is 3.64. The van der Waals surface area contributed by atoms with Gasteiger partial charge in [0.05, 0.1) is 11.7 Å². The Hall–Kier alpha value is -0.710. The quantitative estimate of drug-likeness (QED) is 0.794. The van der Waals surface area contributed by atoms with Gasteiger partial charge in [0.1, 0.15) is 5.01 Å². The van der Waals surface area contributed by atoms with Crippen molar-refractivity contribution in [3.63, 3.8) is 0 Å². The molecule has 1 aromatic carbocycles. The van der Waals surface area contributed by atoms with Gasteiger partial charge in [-0.25, -0.2) is 4.98 Å². The summed E-state index contributed by atoms with van der Waals surface area (Å²) in [5, 5.41) is 6.95. The number of thiazole rings is 1. The van der Waals surface area contributed by atoms with E-state index in [0.29, 0.717) is 6.04 Å². The van der Waals surface area contributed by atoms with Gasteiger partial charge in [0.25, 0.3) is 0 Å². The topological polar surface area (TPSA) is 24.9 Å². The van der Waals surface area contributed by atoms with E-state index >= 15 is 0 Å². The van der Waals surface area contributed by atoms with Gasteiger partial charge in [0, 0.05) is 21.3 Å². The summed E-state index contributed by atoms with van der Waals surface area (Å²) >= 11 is 5.30. The Bertz CT molecular complexity index is 599. The standard InChI is InChI=1S/C17H23BrN2S/c1-11(2)19-15(12-7-6-8-13(18)9-12)16-20-14(10-21-16)17(3,4)5/h6-11,15,19H,1-5H3. The molecule has 0 spiro atoms. The number of halogens is 1. The average molecular weight is 367 g/mol. The Kier molecular flexibility index (Phi) is 5.23. The lowest BCUT2D eigenvalue weighted by Gasteiger charge is -2.20. The second-order valence-electron chi connectivity index (χ2n) is 6.63. The van der Waals surface area contributed by atoms with Crippen LogP contribution in [0.4, 0.5) is 0 Å². The predicted molar refractivity (Wildman–Crippen MR) is 95.1 cm³/mol. The van der Waals surface area contributed by atoms with Gasteiger partial charge in [-0.15, -0.1) is 11.3 Å². The first-order chi connectivity index (χ1) is 9.77. The maximum atomic E-state index is 4.88. The summed E-state index contributed by atoms with van der Waals surface area (Å²) in [7, 11) is 0. The number of nitrogens with zero attached hydrogens (tertiary/aromatic N) is 1. The molecule has 0 saturated heterocycles. The third-order valence-corrected chi connectivity index (χ3v) is 4.62. The summed E-state index contributed by atoms with van der Waals surface area (Å²) in [5.74, 6) is 0. The van der Waals surface area contributed by atoms with E-state index < -0.39 is 0 Å². The van der Waals surface area contributed by atoms with Crippen LogP contribution in [0.1, 0.15) is 56.9 Å². The lowest BCUT2D eigenvalue weighted by Crippen LogP contribution is -2.29. The first-order valence-electron chi connectivity index (χ1n) is 7.25. The zero-order chi connectivity index (χ0) is 15.6. The van der Waals surface area contributed by atoms with Crippen molar-refractivity contribution >= 4 is 27.3 Å². The summed E-state index contributed by atoms with van der Waals surface area (Å²) in [4.78, 5) is 4.88. The van der Waals surface area contributed by atoms with Crippen molar-refractivity contribution in [3.05, 3.63) is 50.4 Å². The van der Waals surface area contributed by atoms with Crippen molar-refractivity contribution in [1.29, 1.82) is 0 Å². The highest BCUT2D eigenvalue weighted by Crippen LogP contribution is 2.31. The highest BCUT2D eigenvalue weighted by molar-refractivity contribution is 9.10. The van der Waals surface area contributed by atoms with Gasteiger partial charge in [-0.2, -0.15) is 0 Å². The molecule has 1 unspecified atom stereocenters. The molecule has 0 aliphatic carbocycles. The molecule has 1 aromatic heterocycles. The van der Waals surface area contributed by atoms with Gasteiger partial charge in [0.15, 0.2) is 0 Å². The monoisotopic (exact) mass is 366 g/mol. The Balaban J connectivity index is 2.39. The zero-order valence-electron chi connectivity index (χ0n) is 13.3. The fraction of sp³-hybridized carbons (Fsp3) is 0.471. The Morgan fingerprint density at radius 2 is 1.95 bits per heavy atom. The maximum Gasteiger partial charge on any atom is 0.114 e. The normalized spacial score (nSPS) is 13.7. The average Bonchev–Trinajstić information content (AvgIpc) is 2.85. The molecule has 0 saturated carbocycles. The molecule has 2 nitrogen and oxygen atoms in total. The molecule has 0 aliphatic rings. The van der Waals surface area contributed by atoms with E-state index in [1.165, 1.54) is 5.56 Å². The minimum Gasteiger partial charge on any atom is -0.302 e. The Labute approximate surface area is 140 Å². The van der Waals surface area contributed by atoms with Crippen LogP contribution in [-0.2, 0) is 5.41 Å². The first kappa shape index (κ1) is 16.7. The van der Waals surface area contributed by atoms with Crippen LogP contribution < -0.4 is 5.32 Å². The number of nitrogens with one attached hydrogen (secondary N) is 1. The van der Waals surface area contributed by atoms with E-state index in [9.17, 15) is 0 Å². The smallest absolute Gasteiger partial charge is 0.114 e. The molecule has 0 amide bonds. The second kappa shape index (κ2) is 6.59. The summed E-state index contributed by atoms with van der Waals surface area (Å²) in [6.07, 6.45) is 0. The summed E-state index contributed by atoms with van der Waals surface area (Å²) < 4.78 is 1.10. The zero-order valence-corrected chi connectivity index (χ0v) is 15.7. The minimum absolute atomic E-state index is 0.0917. The number of rotatable bonds is 4. The molecule has 0 radical (unpaired) electrons. The molecule has 1 heterocycles. The molecule has 4 heteroatoms. The highest BCUT2D eigenvalue weighted by atomic mass is 79.9. The molecule has 21 heavy (non-hydrogen) atoms. The van der Waals surface area contributed by atoms with Gasteiger partial charge in [-0.1, -0.05) is 48.8 Å². The van der Waals surface area contributed by atoms with Crippen molar-refractivity contribution in [2.75, 3.05) is 0 Å². The Morgan fingerprint density at radius 1 is 1.24 bits per heavy atom. The van der Waals surface area contributed by atoms with Crippen molar-refractivity contribution in [1.82, 2.24) is 10.3 Å². The fourth-order valence-electron chi connectivity index (χ4n) is 2.09. The lowest BCUT2D eigenvalue weighted by molar-refractivity contribution is 0.519. The van der Waals surface area contributed by atoms with E-state index in [2.05, 4.69) is 85.5 Å². The molecular formula is C17H23BrN2S. The molecular weight excluding hydrogens is 344 g/mol. The van der Waals surface area contributed by atoms with Crippen LogP contribution in [0.25, 0.3) is 0 Å². The molecule has 2 aromatic rings. The van der Waals surface area contributed by atoms with Crippen LogP contribution in [0.15, 0.2) is 34.1 Å². The van der Waals surface area contributed by atoms with Gasteiger partial charge in [0.2, 0.25) is 0 Å². The number of aromatic nitrogens is 1. The minimum atomic E-state index is 0.0917. The first-order valence-corrected chi connectivity index (χ1v) is 8.92. The van der Waals surface area contributed by atoms with E-state index in [4.69, 9.17) is 4.98 Å². The molecule has 1 N–H and O–H groups in total. The predicted octanol–water partition coefficient (Wildman–Crippen LogP) is 5.29. The largest absolute Gasteiger partial charge is 0.302 e. The third-order valence-electron chi connectivity index (χ3n) is 3.22. The molecule has 0 bridgehead atoms. The summed E-state index contributed by atoms with van der Waals surface area (Å²) in [6.45, 7) is 11.0. The van der Waals surface area contributed by atoms with Crippen LogP contribution in [-0.4, -0.2) is 11.0 Å². The molecule has 2 rings (SSSR count). The summed E-state index contributed by atoms with van der Waals surface area (Å²) in [5.41, 5.74) is 2.50. The van der Waals surface area contributed by atoms with Crippen LogP contribution in [0.5, 0.6) is 0 Å². The van der Waals surface area contributed by atoms with Crippen molar-refractivity contribution in [2.24, 2.45) is 0 Å². The second-order valence-corrected chi connectivity index (χ2v) is 8.44. The van der Waals surface area contributed by atoms with Gasteiger partial charge in [-0.05, 0) is 31.5 Å². The molecule has 114 valence electrons. The Morgan fingerprint density at radius 3 is 2.48 bits per heavy atom. The van der Waals surface area contributed by atoms with Crippen molar-refractivity contribution < 1.29 is 0 Å². The van der Waals surface area contributed by atoms with Crippen LogP contribution >= 0.6 is 27.3 Å². The van der Waals surface area contributed by atoms with Crippen LogP contribution in [0.2, 0.25) is 0 Å². The van der Waals surface area contributed by atoms with Gasteiger partial charge in [-0.3, -0.25) is 0 Å². The lowest BCUT2D eigenvalue weighted by atomic mass is 9.93. The van der Waals surface area contributed by atoms with E-state index in [1.54, 1.807) is 11.3 Å². The number of hydrogen-bond acceptors (Lipinski definition) is 3. The highest BCUT2D eigenvalue weighted by Gasteiger charge is 2.23. The van der Waals surface area contributed by atoms with Gasteiger partial charge >= 0.3 is 0 Å². The molecule has 0 aliphatic heterocycles. The molecule has 1 atom stereocenters.